The molecule has 0 aliphatic rings. The van der Waals surface area contributed by atoms with Crippen LogP contribution in [-0.4, -0.2) is 16.4 Å². The van der Waals surface area contributed by atoms with Crippen molar-refractivity contribution < 1.29 is 4.79 Å². The monoisotopic (exact) mass is 264 g/mol. The molecule has 0 aliphatic heterocycles. The quantitative estimate of drug-likeness (QED) is 0.544. The third-order valence-corrected chi connectivity index (χ3v) is 3.77. The number of nitrogens with two attached hydrogens (primary N) is 1. The minimum Gasteiger partial charge on any atom is -0.347 e. The van der Waals surface area contributed by atoms with Gasteiger partial charge in [0.15, 0.2) is 0 Å². The van der Waals surface area contributed by atoms with E-state index in [1.807, 2.05) is 6.92 Å². The summed E-state index contributed by atoms with van der Waals surface area (Å²) in [6, 6.07) is 3.43. The number of nitrogen functional groups attached to an aromatic ring is 1. The Labute approximate surface area is 115 Å². The maximum absolute atomic E-state index is 12.3. The van der Waals surface area contributed by atoms with E-state index in [0.717, 1.165) is 25.0 Å². The first kappa shape index (κ1) is 15.4. The van der Waals surface area contributed by atoms with Crippen molar-refractivity contribution >= 4 is 11.7 Å². The van der Waals surface area contributed by atoms with Gasteiger partial charge >= 0.3 is 0 Å². The SMILES string of the molecule is CCC(CC)(CC)NC(=O)c1cc(C)nc(NN)c1. The third kappa shape index (κ3) is 3.67. The van der Waals surface area contributed by atoms with Crippen molar-refractivity contribution in [3.63, 3.8) is 0 Å². The number of rotatable bonds is 6. The molecule has 0 fully saturated rings. The lowest BCUT2D eigenvalue weighted by molar-refractivity contribution is 0.0888. The number of hydrogen-bond donors (Lipinski definition) is 3. The van der Waals surface area contributed by atoms with Crippen molar-refractivity contribution in [3.8, 4) is 0 Å². The average molecular weight is 264 g/mol. The summed E-state index contributed by atoms with van der Waals surface area (Å²) in [5, 5.41) is 3.14. The van der Waals surface area contributed by atoms with Gasteiger partial charge in [-0.1, -0.05) is 20.8 Å². The highest BCUT2D eigenvalue weighted by Crippen LogP contribution is 2.20. The zero-order valence-electron chi connectivity index (χ0n) is 12.2. The Morgan fingerprint density at radius 3 is 2.32 bits per heavy atom. The smallest absolute Gasteiger partial charge is 0.251 e. The molecular weight excluding hydrogens is 240 g/mol. The molecule has 0 saturated heterocycles. The van der Waals surface area contributed by atoms with E-state index in [-0.39, 0.29) is 11.4 Å². The molecule has 4 N–H and O–H groups in total. The Kier molecular flexibility index (Phi) is 5.30. The van der Waals surface area contributed by atoms with Gasteiger partial charge in [0.05, 0.1) is 0 Å². The molecule has 0 aromatic carbocycles. The van der Waals surface area contributed by atoms with E-state index in [1.165, 1.54) is 0 Å². The number of pyridine rings is 1. The standard InChI is InChI=1S/C14H24N4O/c1-5-14(6-2,7-3)17-13(19)11-8-10(4)16-12(9-11)18-15/h8-9H,5-7,15H2,1-4H3,(H,16,18)(H,17,19). The number of hydrazine groups is 1. The Bertz CT molecular complexity index is 433. The van der Waals surface area contributed by atoms with Gasteiger partial charge in [-0.25, -0.2) is 10.8 Å². The molecule has 5 heteroatoms. The molecule has 1 aromatic rings. The van der Waals surface area contributed by atoms with Crippen molar-refractivity contribution in [2.24, 2.45) is 5.84 Å². The molecule has 0 radical (unpaired) electrons. The van der Waals surface area contributed by atoms with Crippen molar-refractivity contribution in [2.75, 3.05) is 5.43 Å². The van der Waals surface area contributed by atoms with E-state index in [0.29, 0.717) is 11.4 Å². The summed E-state index contributed by atoms with van der Waals surface area (Å²) < 4.78 is 0. The largest absolute Gasteiger partial charge is 0.347 e. The van der Waals surface area contributed by atoms with Gasteiger partial charge in [0, 0.05) is 16.8 Å². The van der Waals surface area contributed by atoms with Crippen LogP contribution in [0.25, 0.3) is 0 Å². The van der Waals surface area contributed by atoms with Crippen molar-refractivity contribution in [3.05, 3.63) is 23.4 Å². The lowest BCUT2D eigenvalue weighted by Crippen LogP contribution is -2.47. The molecule has 0 bridgehead atoms. The van der Waals surface area contributed by atoms with Gasteiger partial charge in [0.2, 0.25) is 0 Å². The summed E-state index contributed by atoms with van der Waals surface area (Å²) in [5.41, 5.74) is 3.69. The maximum Gasteiger partial charge on any atom is 0.251 e. The van der Waals surface area contributed by atoms with Crippen LogP contribution in [0.1, 0.15) is 56.1 Å². The molecule has 1 heterocycles. The van der Waals surface area contributed by atoms with E-state index < -0.39 is 0 Å². The second-order valence-electron chi connectivity index (χ2n) is 4.82. The number of anilines is 1. The molecular formula is C14H24N4O. The number of carbonyl (C=O) groups excluding carboxylic acids is 1. The van der Waals surface area contributed by atoms with Gasteiger partial charge in [-0.2, -0.15) is 0 Å². The van der Waals surface area contributed by atoms with Gasteiger partial charge < -0.3 is 10.7 Å². The molecule has 0 saturated carbocycles. The molecule has 0 unspecified atom stereocenters. The zero-order chi connectivity index (χ0) is 14.5. The highest BCUT2D eigenvalue weighted by Gasteiger charge is 2.26. The Morgan fingerprint density at radius 2 is 1.84 bits per heavy atom. The van der Waals surface area contributed by atoms with Crippen LogP contribution in [0.5, 0.6) is 0 Å². The molecule has 1 amide bonds. The zero-order valence-corrected chi connectivity index (χ0v) is 12.2. The second-order valence-corrected chi connectivity index (χ2v) is 4.82. The maximum atomic E-state index is 12.3. The number of carbonyl (C=O) groups is 1. The van der Waals surface area contributed by atoms with Crippen LogP contribution in [-0.2, 0) is 0 Å². The third-order valence-electron chi connectivity index (χ3n) is 3.77. The van der Waals surface area contributed by atoms with Crippen molar-refractivity contribution in [1.29, 1.82) is 0 Å². The Morgan fingerprint density at radius 1 is 1.26 bits per heavy atom. The van der Waals surface area contributed by atoms with Gasteiger partial charge in [0.1, 0.15) is 5.82 Å². The Balaban J connectivity index is 2.97. The van der Waals surface area contributed by atoms with Crippen LogP contribution < -0.4 is 16.6 Å². The van der Waals surface area contributed by atoms with Crippen LogP contribution in [0.15, 0.2) is 12.1 Å². The molecule has 0 atom stereocenters. The summed E-state index contributed by atoms with van der Waals surface area (Å²) in [6.07, 6.45) is 2.74. The van der Waals surface area contributed by atoms with Crippen LogP contribution in [0, 0.1) is 6.92 Å². The fraction of sp³-hybridized carbons (Fsp3) is 0.571. The van der Waals surface area contributed by atoms with E-state index in [1.54, 1.807) is 12.1 Å². The molecule has 0 spiro atoms. The van der Waals surface area contributed by atoms with Crippen molar-refractivity contribution in [1.82, 2.24) is 10.3 Å². The van der Waals surface area contributed by atoms with Gasteiger partial charge in [-0.05, 0) is 38.3 Å². The highest BCUT2D eigenvalue weighted by molar-refractivity contribution is 5.95. The second kappa shape index (κ2) is 6.52. The predicted molar refractivity (Wildman–Crippen MR) is 77.9 cm³/mol. The van der Waals surface area contributed by atoms with Crippen molar-refractivity contribution in [2.45, 2.75) is 52.5 Å². The predicted octanol–water partition coefficient (Wildman–Crippen LogP) is 2.37. The molecule has 0 aliphatic carbocycles. The summed E-state index contributed by atoms with van der Waals surface area (Å²) in [6.45, 7) is 8.12. The van der Waals surface area contributed by atoms with Gasteiger partial charge in [0.25, 0.3) is 5.91 Å². The van der Waals surface area contributed by atoms with Gasteiger partial charge in [-0.3, -0.25) is 4.79 Å². The van der Waals surface area contributed by atoms with E-state index >= 15 is 0 Å². The molecule has 5 nitrogen and oxygen atoms in total. The topological polar surface area (TPSA) is 80.0 Å². The van der Waals surface area contributed by atoms with E-state index in [4.69, 9.17) is 5.84 Å². The normalized spacial score (nSPS) is 11.2. The summed E-state index contributed by atoms with van der Waals surface area (Å²) in [5.74, 6) is 5.77. The number of nitrogens with one attached hydrogen (secondary N) is 2. The first-order valence-electron chi connectivity index (χ1n) is 6.78. The van der Waals surface area contributed by atoms with Crippen LogP contribution >= 0.6 is 0 Å². The fourth-order valence-electron chi connectivity index (χ4n) is 2.20. The number of hydrogen-bond acceptors (Lipinski definition) is 4. The first-order chi connectivity index (χ1) is 9.00. The summed E-state index contributed by atoms with van der Waals surface area (Å²) in [7, 11) is 0. The van der Waals surface area contributed by atoms with Crippen LogP contribution in [0.3, 0.4) is 0 Å². The average Bonchev–Trinajstić information content (AvgIpc) is 2.44. The van der Waals surface area contributed by atoms with Crippen LogP contribution in [0.4, 0.5) is 5.82 Å². The summed E-state index contributed by atoms with van der Waals surface area (Å²) in [4.78, 5) is 16.5. The minimum atomic E-state index is -0.134. The minimum absolute atomic E-state index is 0.0763. The lowest BCUT2D eigenvalue weighted by atomic mass is 9.89. The fourth-order valence-corrected chi connectivity index (χ4v) is 2.20. The molecule has 1 aromatic heterocycles. The lowest BCUT2D eigenvalue weighted by Gasteiger charge is -2.31. The van der Waals surface area contributed by atoms with E-state index in [9.17, 15) is 4.79 Å². The highest BCUT2D eigenvalue weighted by atomic mass is 16.1. The molecule has 19 heavy (non-hydrogen) atoms. The van der Waals surface area contributed by atoms with Gasteiger partial charge in [-0.15, -0.1) is 0 Å². The first-order valence-corrected chi connectivity index (χ1v) is 6.78. The number of nitrogens with zero attached hydrogens (tertiary/aromatic N) is 1. The molecule has 1 rings (SSSR count). The molecule has 106 valence electrons. The van der Waals surface area contributed by atoms with E-state index in [2.05, 4.69) is 36.5 Å². The number of amides is 1. The Hall–Kier alpha value is -1.62. The van der Waals surface area contributed by atoms with Crippen LogP contribution in [0.2, 0.25) is 0 Å². The summed E-state index contributed by atoms with van der Waals surface area (Å²) >= 11 is 0. The number of aromatic nitrogens is 1. The number of aryl methyl sites for hydroxylation is 1.